The Morgan fingerprint density at radius 1 is 1.47 bits per heavy atom. The number of rotatable bonds is 3. The molecule has 1 saturated carbocycles. The first-order valence-corrected chi connectivity index (χ1v) is 5.65. The van der Waals surface area contributed by atoms with Crippen molar-refractivity contribution in [2.24, 2.45) is 11.8 Å². The maximum absolute atomic E-state index is 5.74. The van der Waals surface area contributed by atoms with E-state index in [1.807, 2.05) is 12.1 Å². The SMILES string of the molecule is Cc1cc(N)ccc1N(C)CC1CC1C. The normalized spacial score (nSPS) is 23.9. The molecule has 15 heavy (non-hydrogen) atoms. The van der Waals surface area contributed by atoms with Crippen LogP contribution in [0.1, 0.15) is 18.9 Å². The van der Waals surface area contributed by atoms with Gasteiger partial charge in [-0.15, -0.1) is 0 Å². The highest BCUT2D eigenvalue weighted by molar-refractivity contribution is 5.58. The van der Waals surface area contributed by atoms with Gasteiger partial charge < -0.3 is 10.6 Å². The highest BCUT2D eigenvalue weighted by atomic mass is 15.1. The van der Waals surface area contributed by atoms with Gasteiger partial charge in [-0.05, 0) is 48.9 Å². The quantitative estimate of drug-likeness (QED) is 0.767. The lowest BCUT2D eigenvalue weighted by Crippen LogP contribution is -2.21. The average molecular weight is 204 g/mol. The molecule has 2 unspecified atom stereocenters. The first-order valence-electron chi connectivity index (χ1n) is 5.65. The Labute approximate surface area is 92.1 Å². The van der Waals surface area contributed by atoms with Crippen LogP contribution in [0, 0.1) is 18.8 Å². The van der Waals surface area contributed by atoms with Crippen molar-refractivity contribution in [1.29, 1.82) is 0 Å². The molecule has 82 valence electrons. The smallest absolute Gasteiger partial charge is 0.0394 e. The molecular formula is C13H20N2. The summed E-state index contributed by atoms with van der Waals surface area (Å²) in [5.41, 5.74) is 9.17. The molecule has 1 aliphatic carbocycles. The summed E-state index contributed by atoms with van der Waals surface area (Å²) in [6, 6.07) is 6.15. The van der Waals surface area contributed by atoms with Crippen LogP contribution < -0.4 is 10.6 Å². The summed E-state index contributed by atoms with van der Waals surface area (Å²) < 4.78 is 0. The predicted molar refractivity (Wildman–Crippen MR) is 66.1 cm³/mol. The second kappa shape index (κ2) is 3.76. The van der Waals surface area contributed by atoms with Crippen molar-refractivity contribution >= 4 is 11.4 Å². The second-order valence-corrected chi connectivity index (χ2v) is 4.90. The maximum atomic E-state index is 5.74. The Morgan fingerprint density at radius 2 is 2.13 bits per heavy atom. The van der Waals surface area contributed by atoms with Gasteiger partial charge in [-0.1, -0.05) is 6.92 Å². The van der Waals surface area contributed by atoms with Crippen molar-refractivity contribution in [3.8, 4) is 0 Å². The summed E-state index contributed by atoms with van der Waals surface area (Å²) in [5, 5.41) is 0. The molecule has 1 aromatic rings. The van der Waals surface area contributed by atoms with Crippen LogP contribution in [0.3, 0.4) is 0 Å². The fraction of sp³-hybridized carbons (Fsp3) is 0.538. The third kappa shape index (κ3) is 2.25. The Kier molecular flexibility index (Phi) is 2.59. The van der Waals surface area contributed by atoms with Crippen LogP contribution in [-0.2, 0) is 0 Å². The lowest BCUT2D eigenvalue weighted by Gasteiger charge is -2.21. The molecule has 0 aromatic heterocycles. The van der Waals surface area contributed by atoms with Crippen LogP contribution >= 0.6 is 0 Å². The number of nitrogens with zero attached hydrogens (tertiary/aromatic N) is 1. The van der Waals surface area contributed by atoms with Crippen LogP contribution in [-0.4, -0.2) is 13.6 Å². The first kappa shape index (κ1) is 10.3. The molecule has 0 spiro atoms. The van der Waals surface area contributed by atoms with Gasteiger partial charge in [0, 0.05) is 25.0 Å². The Morgan fingerprint density at radius 3 is 2.67 bits per heavy atom. The van der Waals surface area contributed by atoms with E-state index in [9.17, 15) is 0 Å². The maximum Gasteiger partial charge on any atom is 0.0394 e. The third-order valence-corrected chi connectivity index (χ3v) is 3.42. The minimum Gasteiger partial charge on any atom is -0.399 e. The number of anilines is 2. The van der Waals surface area contributed by atoms with Gasteiger partial charge in [0.1, 0.15) is 0 Å². The van der Waals surface area contributed by atoms with Gasteiger partial charge in [0.05, 0.1) is 0 Å². The summed E-state index contributed by atoms with van der Waals surface area (Å²) in [6.45, 7) is 5.62. The van der Waals surface area contributed by atoms with Gasteiger partial charge in [0.25, 0.3) is 0 Å². The number of nitrogen functional groups attached to an aromatic ring is 1. The molecule has 1 aromatic carbocycles. The van der Waals surface area contributed by atoms with E-state index in [0.717, 1.165) is 17.5 Å². The number of benzene rings is 1. The monoisotopic (exact) mass is 204 g/mol. The topological polar surface area (TPSA) is 29.3 Å². The zero-order chi connectivity index (χ0) is 11.0. The molecule has 0 heterocycles. The molecule has 0 amide bonds. The van der Waals surface area contributed by atoms with E-state index in [2.05, 4.69) is 31.9 Å². The summed E-state index contributed by atoms with van der Waals surface area (Å²) >= 11 is 0. The Hall–Kier alpha value is -1.18. The fourth-order valence-electron chi connectivity index (χ4n) is 2.21. The zero-order valence-electron chi connectivity index (χ0n) is 9.83. The van der Waals surface area contributed by atoms with Gasteiger partial charge in [-0.25, -0.2) is 0 Å². The summed E-state index contributed by atoms with van der Waals surface area (Å²) in [7, 11) is 2.17. The van der Waals surface area contributed by atoms with Crippen LogP contribution in [0.25, 0.3) is 0 Å². The molecule has 0 radical (unpaired) electrons. The summed E-state index contributed by atoms with van der Waals surface area (Å²) in [5.74, 6) is 1.81. The molecular weight excluding hydrogens is 184 g/mol. The number of nitrogens with two attached hydrogens (primary N) is 1. The minimum atomic E-state index is 0.851. The van der Waals surface area contributed by atoms with Gasteiger partial charge in [0.2, 0.25) is 0 Å². The van der Waals surface area contributed by atoms with Crippen LogP contribution in [0.15, 0.2) is 18.2 Å². The van der Waals surface area contributed by atoms with E-state index >= 15 is 0 Å². The zero-order valence-corrected chi connectivity index (χ0v) is 9.83. The van der Waals surface area contributed by atoms with Crippen molar-refractivity contribution in [2.45, 2.75) is 20.3 Å². The molecule has 0 saturated heterocycles. The lowest BCUT2D eigenvalue weighted by atomic mass is 10.1. The Balaban J connectivity index is 2.07. The standard InChI is InChI=1S/C13H20N2/c1-9-6-11(9)8-15(3)13-5-4-12(14)7-10(13)2/h4-5,7,9,11H,6,8,14H2,1-3H3. The van der Waals surface area contributed by atoms with Crippen LogP contribution in [0.2, 0.25) is 0 Å². The second-order valence-electron chi connectivity index (χ2n) is 4.90. The van der Waals surface area contributed by atoms with Gasteiger partial charge in [0.15, 0.2) is 0 Å². The number of hydrogen-bond donors (Lipinski definition) is 1. The van der Waals surface area contributed by atoms with Gasteiger partial charge in [-0.3, -0.25) is 0 Å². The van der Waals surface area contributed by atoms with E-state index in [1.165, 1.54) is 24.2 Å². The molecule has 2 rings (SSSR count). The third-order valence-electron chi connectivity index (χ3n) is 3.42. The van der Waals surface area contributed by atoms with Crippen LogP contribution in [0.4, 0.5) is 11.4 Å². The number of aryl methyl sites for hydroxylation is 1. The van der Waals surface area contributed by atoms with E-state index in [1.54, 1.807) is 0 Å². The highest BCUT2D eigenvalue weighted by Gasteiger charge is 2.33. The molecule has 0 bridgehead atoms. The van der Waals surface area contributed by atoms with Crippen molar-refractivity contribution < 1.29 is 0 Å². The average Bonchev–Trinajstić information content (AvgIpc) is 2.81. The van der Waals surface area contributed by atoms with E-state index in [-0.39, 0.29) is 0 Å². The number of hydrogen-bond acceptors (Lipinski definition) is 2. The largest absolute Gasteiger partial charge is 0.399 e. The molecule has 2 heteroatoms. The minimum absolute atomic E-state index is 0.851. The molecule has 1 aliphatic rings. The first-order chi connectivity index (χ1) is 7.08. The van der Waals surface area contributed by atoms with E-state index in [0.29, 0.717) is 0 Å². The van der Waals surface area contributed by atoms with Crippen molar-refractivity contribution in [3.05, 3.63) is 23.8 Å². The summed E-state index contributed by atoms with van der Waals surface area (Å²) in [4.78, 5) is 2.35. The molecule has 2 N–H and O–H groups in total. The molecule has 0 aliphatic heterocycles. The highest BCUT2D eigenvalue weighted by Crippen LogP contribution is 2.39. The van der Waals surface area contributed by atoms with Gasteiger partial charge >= 0.3 is 0 Å². The van der Waals surface area contributed by atoms with E-state index < -0.39 is 0 Å². The Bertz CT molecular complexity index is 360. The lowest BCUT2D eigenvalue weighted by molar-refractivity contribution is 0.724. The van der Waals surface area contributed by atoms with Crippen LogP contribution in [0.5, 0.6) is 0 Å². The molecule has 1 fully saturated rings. The summed E-state index contributed by atoms with van der Waals surface area (Å²) in [6.07, 6.45) is 1.39. The van der Waals surface area contributed by atoms with Crippen molar-refractivity contribution in [1.82, 2.24) is 0 Å². The van der Waals surface area contributed by atoms with Gasteiger partial charge in [-0.2, -0.15) is 0 Å². The van der Waals surface area contributed by atoms with Crippen molar-refractivity contribution in [3.63, 3.8) is 0 Å². The predicted octanol–water partition coefficient (Wildman–Crippen LogP) is 2.67. The molecule has 2 atom stereocenters. The van der Waals surface area contributed by atoms with Crippen molar-refractivity contribution in [2.75, 3.05) is 24.2 Å². The van der Waals surface area contributed by atoms with E-state index in [4.69, 9.17) is 5.73 Å². The fourth-order valence-corrected chi connectivity index (χ4v) is 2.21. The molecule has 2 nitrogen and oxygen atoms in total.